The lowest BCUT2D eigenvalue weighted by molar-refractivity contribution is -0.0504. The summed E-state index contributed by atoms with van der Waals surface area (Å²) in [5, 5.41) is 6.50. The van der Waals surface area contributed by atoms with Crippen molar-refractivity contribution < 1.29 is 13.5 Å². The molecule has 0 spiro atoms. The van der Waals surface area contributed by atoms with Crippen molar-refractivity contribution >= 4 is 45.9 Å². The van der Waals surface area contributed by atoms with Crippen molar-refractivity contribution in [1.82, 2.24) is 10.6 Å². The number of hydrogen-bond donors (Lipinski definition) is 2. The van der Waals surface area contributed by atoms with E-state index >= 15 is 0 Å². The monoisotopic (exact) mass is 515 g/mol. The van der Waals surface area contributed by atoms with Crippen molar-refractivity contribution in [2.75, 3.05) is 6.54 Å². The first-order valence-corrected chi connectivity index (χ1v) is 8.31. The molecule has 1 aliphatic carbocycles. The number of aliphatic imine (C=N–C) groups is 1. The molecular formula is C16H21BrF2IN3O. The lowest BCUT2D eigenvalue weighted by Gasteiger charge is -2.17. The lowest BCUT2D eigenvalue weighted by Crippen LogP contribution is -2.42. The molecule has 8 heteroatoms. The van der Waals surface area contributed by atoms with E-state index in [2.05, 4.69) is 48.4 Å². The van der Waals surface area contributed by atoms with Gasteiger partial charge in [-0.15, -0.1) is 24.0 Å². The maximum absolute atomic E-state index is 12.5. The number of hydrogen-bond acceptors (Lipinski definition) is 2. The maximum atomic E-state index is 12.5. The van der Waals surface area contributed by atoms with Gasteiger partial charge in [-0.05, 0) is 38.0 Å². The van der Waals surface area contributed by atoms with E-state index in [4.69, 9.17) is 0 Å². The van der Waals surface area contributed by atoms with E-state index in [-0.39, 0.29) is 36.3 Å². The Morgan fingerprint density at radius 3 is 2.71 bits per heavy atom. The van der Waals surface area contributed by atoms with Crippen molar-refractivity contribution in [1.29, 1.82) is 0 Å². The number of ether oxygens (including phenoxy) is 1. The van der Waals surface area contributed by atoms with E-state index in [1.807, 2.05) is 6.92 Å². The van der Waals surface area contributed by atoms with Crippen molar-refractivity contribution in [3.8, 4) is 5.75 Å². The van der Waals surface area contributed by atoms with Crippen molar-refractivity contribution in [2.24, 2.45) is 4.99 Å². The number of guanidine groups is 1. The molecule has 0 saturated heterocycles. The third-order valence-corrected chi connectivity index (χ3v) is 3.83. The largest absolute Gasteiger partial charge is 0.434 e. The molecule has 2 N–H and O–H groups in total. The number of alkyl halides is 2. The molecule has 1 aromatic rings. The molecule has 4 nitrogen and oxygen atoms in total. The summed E-state index contributed by atoms with van der Waals surface area (Å²) in [5.74, 6) is 0.814. The Morgan fingerprint density at radius 1 is 1.38 bits per heavy atom. The van der Waals surface area contributed by atoms with Crippen LogP contribution < -0.4 is 15.4 Å². The Morgan fingerprint density at radius 2 is 2.08 bits per heavy atom. The third-order valence-electron chi connectivity index (χ3n) is 3.34. The van der Waals surface area contributed by atoms with Crippen LogP contribution in [0.3, 0.4) is 0 Å². The zero-order valence-electron chi connectivity index (χ0n) is 13.3. The highest BCUT2D eigenvalue weighted by Gasteiger charge is 2.13. The third kappa shape index (κ3) is 6.92. The van der Waals surface area contributed by atoms with Gasteiger partial charge in [0.05, 0.1) is 6.54 Å². The molecule has 0 atom stereocenters. The quantitative estimate of drug-likeness (QED) is 0.255. The fraction of sp³-hybridized carbons (Fsp3) is 0.438. The van der Waals surface area contributed by atoms with E-state index in [1.54, 1.807) is 12.1 Å². The lowest BCUT2D eigenvalue weighted by atomic mass is 10.2. The molecule has 0 fully saturated rings. The van der Waals surface area contributed by atoms with Crippen molar-refractivity contribution in [3.63, 3.8) is 0 Å². The van der Waals surface area contributed by atoms with E-state index in [9.17, 15) is 8.78 Å². The molecule has 0 amide bonds. The predicted molar refractivity (Wildman–Crippen MR) is 106 cm³/mol. The Kier molecular flexibility index (Phi) is 9.57. The molecule has 0 aromatic heterocycles. The van der Waals surface area contributed by atoms with Gasteiger partial charge in [0.2, 0.25) is 0 Å². The van der Waals surface area contributed by atoms with Gasteiger partial charge in [-0.3, -0.25) is 0 Å². The molecule has 0 saturated carbocycles. The summed E-state index contributed by atoms with van der Waals surface area (Å²) in [5.41, 5.74) is 0.599. The number of nitrogens with zero attached hydrogens (tertiary/aromatic N) is 1. The summed E-state index contributed by atoms with van der Waals surface area (Å²) in [6.45, 7) is 0.103. The van der Waals surface area contributed by atoms with Gasteiger partial charge in [0.25, 0.3) is 0 Å². The molecule has 0 heterocycles. The number of halogens is 4. The standard InChI is InChI=1S/C16H20BrF2N3O.HI/c1-2-20-16(22-13-5-3-4-6-13)21-10-11-9-12(17)7-8-14(11)23-15(18)19;/h3-4,7-9,13,15H,2,5-6,10H2,1H3,(H2,20,21,22);1H. The Balaban J connectivity index is 0.00000288. The van der Waals surface area contributed by atoms with Gasteiger partial charge in [-0.2, -0.15) is 8.78 Å². The minimum Gasteiger partial charge on any atom is -0.434 e. The topological polar surface area (TPSA) is 45.7 Å². The van der Waals surface area contributed by atoms with E-state index in [0.717, 1.165) is 23.9 Å². The highest BCUT2D eigenvalue weighted by Crippen LogP contribution is 2.25. The summed E-state index contributed by atoms with van der Waals surface area (Å²) in [4.78, 5) is 4.48. The fourth-order valence-corrected chi connectivity index (χ4v) is 2.70. The van der Waals surface area contributed by atoms with Gasteiger partial charge in [0, 0.05) is 22.6 Å². The first-order chi connectivity index (χ1) is 11.1. The average Bonchev–Trinajstić information content (AvgIpc) is 3.00. The molecule has 0 bridgehead atoms. The normalized spacial score (nSPS) is 14.6. The maximum Gasteiger partial charge on any atom is 0.387 e. The Bertz CT molecular complexity index is 576. The van der Waals surface area contributed by atoms with E-state index in [1.165, 1.54) is 6.07 Å². The summed E-state index contributed by atoms with van der Waals surface area (Å²) in [6, 6.07) is 5.25. The second kappa shape index (κ2) is 10.9. The summed E-state index contributed by atoms with van der Waals surface area (Å²) < 4.78 is 30.3. The second-order valence-electron chi connectivity index (χ2n) is 5.11. The fourth-order valence-electron chi connectivity index (χ4n) is 2.30. The number of nitrogens with one attached hydrogen (secondary N) is 2. The zero-order valence-corrected chi connectivity index (χ0v) is 17.2. The second-order valence-corrected chi connectivity index (χ2v) is 6.03. The molecule has 0 aliphatic heterocycles. The molecule has 2 rings (SSSR count). The van der Waals surface area contributed by atoms with Crippen LogP contribution in [-0.4, -0.2) is 25.2 Å². The summed E-state index contributed by atoms with van der Waals surface area (Å²) in [7, 11) is 0. The smallest absolute Gasteiger partial charge is 0.387 e. The summed E-state index contributed by atoms with van der Waals surface area (Å²) >= 11 is 3.34. The molecule has 24 heavy (non-hydrogen) atoms. The van der Waals surface area contributed by atoms with Crippen LogP contribution >= 0.6 is 39.9 Å². The van der Waals surface area contributed by atoms with Crippen LogP contribution in [0.25, 0.3) is 0 Å². The van der Waals surface area contributed by atoms with Crippen molar-refractivity contribution in [3.05, 3.63) is 40.4 Å². The summed E-state index contributed by atoms with van der Waals surface area (Å²) in [6.07, 6.45) is 6.18. The molecule has 1 aliphatic rings. The van der Waals surface area contributed by atoms with Crippen molar-refractivity contribution in [2.45, 2.75) is 39.0 Å². The first kappa shape index (κ1) is 21.1. The van der Waals surface area contributed by atoms with Gasteiger partial charge >= 0.3 is 6.61 Å². The Hall–Kier alpha value is -0.900. The van der Waals surface area contributed by atoms with Gasteiger partial charge in [0.1, 0.15) is 5.75 Å². The molecule has 0 unspecified atom stereocenters. The van der Waals surface area contributed by atoms with Crippen LogP contribution in [-0.2, 0) is 6.54 Å². The van der Waals surface area contributed by atoms with Crippen LogP contribution in [0.4, 0.5) is 8.78 Å². The molecule has 1 aromatic carbocycles. The number of benzene rings is 1. The Labute approximate surface area is 166 Å². The average molecular weight is 516 g/mol. The van der Waals surface area contributed by atoms with Gasteiger partial charge < -0.3 is 15.4 Å². The molecular weight excluding hydrogens is 495 g/mol. The SMILES string of the molecule is CCNC(=NCc1cc(Br)ccc1OC(F)F)NC1CC=CC1.I. The van der Waals surface area contributed by atoms with E-state index < -0.39 is 6.61 Å². The van der Waals surface area contributed by atoms with Crippen LogP contribution in [0.5, 0.6) is 5.75 Å². The minimum atomic E-state index is -2.85. The first-order valence-electron chi connectivity index (χ1n) is 7.51. The van der Waals surface area contributed by atoms with Crippen LogP contribution in [0.15, 0.2) is 39.8 Å². The molecule has 134 valence electrons. The highest BCUT2D eigenvalue weighted by atomic mass is 127. The zero-order chi connectivity index (χ0) is 16.7. The van der Waals surface area contributed by atoms with Gasteiger partial charge in [-0.1, -0.05) is 28.1 Å². The highest BCUT2D eigenvalue weighted by molar-refractivity contribution is 14.0. The van der Waals surface area contributed by atoms with Crippen LogP contribution in [0.1, 0.15) is 25.3 Å². The minimum absolute atomic E-state index is 0. The van der Waals surface area contributed by atoms with Gasteiger partial charge in [-0.25, -0.2) is 4.99 Å². The van der Waals surface area contributed by atoms with Crippen LogP contribution in [0.2, 0.25) is 0 Å². The molecule has 0 radical (unpaired) electrons. The van der Waals surface area contributed by atoms with Crippen LogP contribution in [0, 0.1) is 0 Å². The predicted octanol–water partition coefficient (Wildman–Crippen LogP) is 4.44. The van der Waals surface area contributed by atoms with E-state index in [0.29, 0.717) is 17.6 Å². The number of rotatable bonds is 6. The van der Waals surface area contributed by atoms with Gasteiger partial charge in [0.15, 0.2) is 5.96 Å².